The molecule has 0 saturated heterocycles. The van der Waals surface area contributed by atoms with Crippen molar-refractivity contribution in [2.24, 2.45) is 5.92 Å². The number of nitrogens with one attached hydrogen (secondary N) is 2. The zero-order chi connectivity index (χ0) is 16.2. The van der Waals surface area contributed by atoms with Crippen molar-refractivity contribution in [3.05, 3.63) is 29.3 Å². The van der Waals surface area contributed by atoms with Crippen LogP contribution < -0.4 is 5.32 Å². The summed E-state index contributed by atoms with van der Waals surface area (Å²) in [5, 5.41) is 21.1. The van der Waals surface area contributed by atoms with Gasteiger partial charge in [0.05, 0.1) is 16.5 Å². The molecule has 2 aromatic heterocycles. The molecule has 6 nitrogen and oxygen atoms in total. The van der Waals surface area contributed by atoms with Gasteiger partial charge in [-0.2, -0.15) is 5.10 Å². The minimum Gasteiger partial charge on any atom is -0.481 e. The van der Waals surface area contributed by atoms with E-state index in [2.05, 4.69) is 15.5 Å². The normalized spacial score (nSPS) is 21.6. The minimum absolute atomic E-state index is 0.293. The van der Waals surface area contributed by atoms with Crippen LogP contribution in [0.1, 0.15) is 42.6 Å². The van der Waals surface area contributed by atoms with E-state index in [1.54, 1.807) is 17.4 Å². The summed E-state index contributed by atoms with van der Waals surface area (Å²) in [5.41, 5.74) is 1.09. The van der Waals surface area contributed by atoms with Gasteiger partial charge >= 0.3 is 5.97 Å². The molecular formula is C16H19N3O3S. The van der Waals surface area contributed by atoms with Gasteiger partial charge in [0.25, 0.3) is 5.91 Å². The molecule has 1 fully saturated rings. The van der Waals surface area contributed by atoms with Gasteiger partial charge in [0.2, 0.25) is 0 Å². The Morgan fingerprint density at radius 2 is 2.13 bits per heavy atom. The Hall–Kier alpha value is -2.15. The molecule has 0 aromatic carbocycles. The number of nitrogens with zero attached hydrogens (tertiary/aromatic N) is 1. The predicted molar refractivity (Wildman–Crippen MR) is 87.4 cm³/mol. The number of H-pyrrole nitrogens is 1. The number of carbonyl (C=O) groups is 2. The molecule has 1 saturated carbocycles. The van der Waals surface area contributed by atoms with Crippen LogP contribution in [0.3, 0.4) is 0 Å². The average molecular weight is 333 g/mol. The fourth-order valence-corrected chi connectivity index (χ4v) is 3.71. The van der Waals surface area contributed by atoms with Crippen molar-refractivity contribution >= 4 is 23.2 Å². The molecule has 0 bridgehead atoms. The Balaban J connectivity index is 1.71. The average Bonchev–Trinajstić information content (AvgIpc) is 3.15. The van der Waals surface area contributed by atoms with Crippen LogP contribution in [0, 0.1) is 5.92 Å². The summed E-state index contributed by atoms with van der Waals surface area (Å²) in [6.45, 7) is 0. The molecule has 0 spiro atoms. The van der Waals surface area contributed by atoms with E-state index in [1.807, 2.05) is 17.5 Å². The highest BCUT2D eigenvalue weighted by Gasteiger charge is 2.31. The first kappa shape index (κ1) is 15.7. The summed E-state index contributed by atoms with van der Waals surface area (Å²) in [6, 6.07) is 5.26. The van der Waals surface area contributed by atoms with Crippen LogP contribution in [-0.4, -0.2) is 33.2 Å². The molecule has 7 heteroatoms. The largest absolute Gasteiger partial charge is 0.481 e. The molecular weight excluding hydrogens is 314 g/mol. The van der Waals surface area contributed by atoms with Gasteiger partial charge in [0, 0.05) is 6.04 Å². The summed E-state index contributed by atoms with van der Waals surface area (Å²) in [7, 11) is 0. The fourth-order valence-electron chi connectivity index (χ4n) is 3.01. The van der Waals surface area contributed by atoms with Crippen molar-refractivity contribution in [2.45, 2.75) is 38.1 Å². The number of hydrogen-bond donors (Lipinski definition) is 3. The summed E-state index contributed by atoms with van der Waals surface area (Å²) in [5.74, 6) is -1.67. The van der Waals surface area contributed by atoms with E-state index < -0.39 is 11.9 Å². The number of aromatic nitrogens is 2. The number of carboxylic acids is 1. The molecule has 122 valence electrons. The highest BCUT2D eigenvalue weighted by Crippen LogP contribution is 2.25. The molecule has 2 aromatic rings. The van der Waals surface area contributed by atoms with E-state index in [9.17, 15) is 14.7 Å². The van der Waals surface area contributed by atoms with Crippen molar-refractivity contribution in [3.63, 3.8) is 0 Å². The first-order valence-electron chi connectivity index (χ1n) is 7.78. The first-order chi connectivity index (χ1) is 11.1. The zero-order valence-electron chi connectivity index (χ0n) is 12.6. The molecule has 2 atom stereocenters. The summed E-state index contributed by atoms with van der Waals surface area (Å²) in [6.07, 6.45) is 4.16. The van der Waals surface area contributed by atoms with Crippen molar-refractivity contribution in [1.29, 1.82) is 0 Å². The molecule has 2 heterocycles. The number of rotatable bonds is 4. The number of hydrogen-bond acceptors (Lipinski definition) is 4. The third kappa shape index (κ3) is 3.61. The standard InChI is InChI=1S/C16H19N3O3S/c20-15(13-9-12(18-19-13)14-7-4-8-23-14)17-11-6-3-1-2-5-10(11)16(21)22/h4,7-11H,1-3,5-6H2,(H,17,20)(H,18,19)(H,21,22)/t10-,11+/m1/s1. The van der Waals surface area contributed by atoms with Crippen LogP contribution in [0.4, 0.5) is 0 Å². The lowest BCUT2D eigenvalue weighted by atomic mass is 9.95. The van der Waals surface area contributed by atoms with Crippen molar-refractivity contribution in [1.82, 2.24) is 15.5 Å². The Kier molecular flexibility index (Phi) is 4.76. The molecule has 1 amide bonds. The maximum atomic E-state index is 12.4. The van der Waals surface area contributed by atoms with Crippen molar-refractivity contribution in [3.8, 4) is 10.6 Å². The molecule has 1 aliphatic carbocycles. The van der Waals surface area contributed by atoms with E-state index in [4.69, 9.17) is 0 Å². The summed E-state index contributed by atoms with van der Waals surface area (Å²) < 4.78 is 0. The lowest BCUT2D eigenvalue weighted by molar-refractivity contribution is -0.142. The Morgan fingerprint density at radius 1 is 1.30 bits per heavy atom. The second-order valence-electron chi connectivity index (χ2n) is 5.81. The van der Waals surface area contributed by atoms with Crippen molar-refractivity contribution < 1.29 is 14.7 Å². The maximum absolute atomic E-state index is 12.4. The van der Waals surface area contributed by atoms with Crippen LogP contribution in [0.2, 0.25) is 0 Å². The third-order valence-electron chi connectivity index (χ3n) is 4.25. The lowest BCUT2D eigenvalue weighted by Crippen LogP contribution is -2.43. The molecule has 1 aliphatic rings. The SMILES string of the molecule is O=C(N[C@H]1CCCCC[C@H]1C(=O)O)c1cc(-c2cccs2)[nH]n1. The molecule has 3 rings (SSSR count). The minimum atomic E-state index is -0.835. The second-order valence-corrected chi connectivity index (χ2v) is 6.75. The first-order valence-corrected chi connectivity index (χ1v) is 8.66. The maximum Gasteiger partial charge on any atom is 0.308 e. The number of carbonyl (C=O) groups excluding carboxylic acids is 1. The van der Waals surface area contributed by atoms with E-state index >= 15 is 0 Å². The highest BCUT2D eigenvalue weighted by molar-refractivity contribution is 7.13. The number of aliphatic carboxylic acids is 1. The summed E-state index contributed by atoms with van der Waals surface area (Å²) >= 11 is 1.56. The monoisotopic (exact) mass is 333 g/mol. The van der Waals surface area contributed by atoms with Gasteiger partial charge in [-0.15, -0.1) is 11.3 Å². The topological polar surface area (TPSA) is 95.1 Å². The van der Waals surface area contributed by atoms with Crippen LogP contribution in [0.25, 0.3) is 10.6 Å². The van der Waals surface area contributed by atoms with Gasteiger partial charge in [-0.1, -0.05) is 25.3 Å². The van der Waals surface area contributed by atoms with E-state index in [-0.39, 0.29) is 11.9 Å². The molecule has 0 unspecified atom stereocenters. The predicted octanol–water partition coefficient (Wildman–Crippen LogP) is 2.90. The van der Waals surface area contributed by atoms with Crippen molar-refractivity contribution in [2.75, 3.05) is 0 Å². The van der Waals surface area contributed by atoms with E-state index in [1.165, 1.54) is 0 Å². The fraction of sp³-hybridized carbons (Fsp3) is 0.438. The second kappa shape index (κ2) is 6.95. The smallest absolute Gasteiger partial charge is 0.308 e. The number of aromatic amines is 1. The van der Waals surface area contributed by atoms with Gasteiger partial charge in [-0.3, -0.25) is 14.7 Å². The number of thiophene rings is 1. The number of carboxylic acid groups (broad SMARTS) is 1. The van der Waals surface area contributed by atoms with Gasteiger partial charge in [-0.05, 0) is 30.4 Å². The number of amides is 1. The van der Waals surface area contributed by atoms with E-state index in [0.29, 0.717) is 18.5 Å². The van der Waals surface area contributed by atoms with Gasteiger partial charge < -0.3 is 10.4 Å². The van der Waals surface area contributed by atoms with Crippen LogP contribution >= 0.6 is 11.3 Å². The van der Waals surface area contributed by atoms with Gasteiger partial charge in [0.15, 0.2) is 5.69 Å². The van der Waals surface area contributed by atoms with Crippen LogP contribution in [-0.2, 0) is 4.79 Å². The Labute approximate surface area is 137 Å². The van der Waals surface area contributed by atoms with E-state index in [0.717, 1.165) is 29.8 Å². The third-order valence-corrected chi connectivity index (χ3v) is 5.15. The lowest BCUT2D eigenvalue weighted by Gasteiger charge is -2.22. The Morgan fingerprint density at radius 3 is 2.87 bits per heavy atom. The quantitative estimate of drug-likeness (QED) is 0.750. The van der Waals surface area contributed by atoms with Gasteiger partial charge in [0.1, 0.15) is 0 Å². The molecule has 3 N–H and O–H groups in total. The highest BCUT2D eigenvalue weighted by atomic mass is 32.1. The van der Waals surface area contributed by atoms with Crippen LogP contribution in [0.5, 0.6) is 0 Å². The zero-order valence-corrected chi connectivity index (χ0v) is 13.4. The molecule has 0 aliphatic heterocycles. The summed E-state index contributed by atoms with van der Waals surface area (Å²) in [4.78, 5) is 24.8. The van der Waals surface area contributed by atoms with Crippen LogP contribution in [0.15, 0.2) is 23.6 Å². The Bertz CT molecular complexity index is 681. The van der Waals surface area contributed by atoms with Gasteiger partial charge in [-0.25, -0.2) is 0 Å². The molecule has 0 radical (unpaired) electrons. The molecule has 23 heavy (non-hydrogen) atoms.